The van der Waals surface area contributed by atoms with E-state index in [4.69, 9.17) is 5.84 Å². The van der Waals surface area contributed by atoms with Gasteiger partial charge < -0.3 is 5.43 Å². The molecular weight excluding hydrogens is 295 g/mol. The third kappa shape index (κ3) is 3.18. The zero-order valence-corrected chi connectivity index (χ0v) is 12.1. The van der Waals surface area contributed by atoms with Crippen LogP contribution in [-0.2, 0) is 16.6 Å². The van der Waals surface area contributed by atoms with Crippen molar-refractivity contribution in [1.29, 1.82) is 0 Å². The molecule has 0 saturated heterocycles. The van der Waals surface area contributed by atoms with Gasteiger partial charge in [-0.05, 0) is 18.2 Å². The molecular formula is C13H15FN4O2S. The number of benzene rings is 1. The second-order valence-corrected chi connectivity index (χ2v) is 6.31. The van der Waals surface area contributed by atoms with Gasteiger partial charge in [-0.15, -0.1) is 0 Å². The number of nitrogen functional groups attached to an aromatic ring is 1. The highest BCUT2D eigenvalue weighted by Gasteiger charge is 2.26. The van der Waals surface area contributed by atoms with E-state index in [2.05, 4.69) is 10.4 Å². The average Bonchev–Trinajstić information content (AvgIpc) is 2.49. The number of anilines is 1. The molecule has 0 spiro atoms. The van der Waals surface area contributed by atoms with Gasteiger partial charge in [-0.3, -0.25) is 5.84 Å². The van der Waals surface area contributed by atoms with Crippen molar-refractivity contribution in [2.24, 2.45) is 5.84 Å². The number of halogens is 1. The summed E-state index contributed by atoms with van der Waals surface area (Å²) >= 11 is 0. The number of nitrogens with two attached hydrogens (primary N) is 1. The maximum atomic E-state index is 13.6. The van der Waals surface area contributed by atoms with Gasteiger partial charge in [0, 0.05) is 25.4 Å². The normalized spacial score (nSPS) is 11.6. The Balaban J connectivity index is 2.33. The molecule has 2 aromatic rings. The van der Waals surface area contributed by atoms with Gasteiger partial charge >= 0.3 is 0 Å². The molecule has 1 heterocycles. The lowest BCUT2D eigenvalue weighted by molar-refractivity contribution is 0.454. The zero-order valence-electron chi connectivity index (χ0n) is 11.3. The number of nitrogens with one attached hydrogen (secondary N) is 1. The fourth-order valence-corrected chi connectivity index (χ4v) is 3.01. The summed E-state index contributed by atoms with van der Waals surface area (Å²) < 4.78 is 39.6. The number of rotatable bonds is 5. The van der Waals surface area contributed by atoms with Crippen molar-refractivity contribution in [2.75, 3.05) is 12.5 Å². The Labute approximate surface area is 122 Å². The van der Waals surface area contributed by atoms with E-state index in [1.807, 2.05) is 0 Å². The number of sulfonamides is 1. The van der Waals surface area contributed by atoms with Crippen LogP contribution in [0, 0.1) is 5.82 Å². The number of nitrogens with zero attached hydrogens (tertiary/aromatic N) is 2. The number of hydrogen-bond acceptors (Lipinski definition) is 5. The van der Waals surface area contributed by atoms with Crippen LogP contribution in [0.5, 0.6) is 0 Å². The van der Waals surface area contributed by atoms with Crippen LogP contribution in [0.2, 0.25) is 0 Å². The van der Waals surface area contributed by atoms with Crippen LogP contribution in [0.4, 0.5) is 10.1 Å². The van der Waals surface area contributed by atoms with Gasteiger partial charge in [-0.25, -0.2) is 17.8 Å². The molecule has 0 aliphatic heterocycles. The minimum absolute atomic E-state index is 0.102. The monoisotopic (exact) mass is 310 g/mol. The number of hydrogen-bond donors (Lipinski definition) is 2. The Hall–Kier alpha value is -2.03. The van der Waals surface area contributed by atoms with Gasteiger partial charge in [0.25, 0.3) is 10.0 Å². The molecule has 21 heavy (non-hydrogen) atoms. The lowest BCUT2D eigenvalue weighted by Gasteiger charge is -2.18. The van der Waals surface area contributed by atoms with Gasteiger partial charge in [-0.1, -0.05) is 18.2 Å². The van der Waals surface area contributed by atoms with E-state index in [9.17, 15) is 12.8 Å². The second kappa shape index (κ2) is 6.17. The average molecular weight is 310 g/mol. The van der Waals surface area contributed by atoms with Crippen molar-refractivity contribution < 1.29 is 12.8 Å². The lowest BCUT2D eigenvalue weighted by Crippen LogP contribution is -2.29. The molecule has 0 aliphatic rings. The number of aromatic nitrogens is 1. The van der Waals surface area contributed by atoms with Crippen LogP contribution < -0.4 is 11.3 Å². The fraction of sp³-hybridized carbons (Fsp3) is 0.154. The van der Waals surface area contributed by atoms with Crippen LogP contribution in [0.3, 0.4) is 0 Å². The fourth-order valence-electron chi connectivity index (χ4n) is 1.81. The molecule has 1 aromatic carbocycles. The van der Waals surface area contributed by atoms with Crippen molar-refractivity contribution >= 4 is 15.7 Å². The molecule has 112 valence electrons. The Kier molecular flexibility index (Phi) is 4.51. The van der Waals surface area contributed by atoms with E-state index in [1.54, 1.807) is 18.2 Å². The predicted molar refractivity (Wildman–Crippen MR) is 77.1 cm³/mol. The SMILES string of the molecule is CN(Cc1ccccc1F)S(=O)(=O)c1ncccc1NN. The third-order valence-electron chi connectivity index (χ3n) is 2.93. The zero-order chi connectivity index (χ0) is 15.5. The Morgan fingerprint density at radius 1 is 1.29 bits per heavy atom. The van der Waals surface area contributed by atoms with E-state index in [0.717, 1.165) is 4.31 Å². The number of pyridine rings is 1. The molecule has 0 fully saturated rings. The summed E-state index contributed by atoms with van der Waals surface area (Å²) in [5.74, 6) is 4.83. The number of hydrazine groups is 1. The topological polar surface area (TPSA) is 88.3 Å². The minimum Gasteiger partial charge on any atom is -0.321 e. The highest BCUT2D eigenvalue weighted by Crippen LogP contribution is 2.22. The van der Waals surface area contributed by atoms with Crippen molar-refractivity contribution in [2.45, 2.75) is 11.6 Å². The van der Waals surface area contributed by atoms with Crippen molar-refractivity contribution in [3.8, 4) is 0 Å². The van der Waals surface area contributed by atoms with Gasteiger partial charge in [0.2, 0.25) is 0 Å². The Bertz CT molecular complexity index is 736. The molecule has 3 N–H and O–H groups in total. The summed E-state index contributed by atoms with van der Waals surface area (Å²) in [6.45, 7) is -0.102. The summed E-state index contributed by atoms with van der Waals surface area (Å²) in [5, 5.41) is -0.202. The first-order valence-corrected chi connectivity index (χ1v) is 7.52. The Morgan fingerprint density at radius 3 is 2.67 bits per heavy atom. The largest absolute Gasteiger partial charge is 0.321 e. The van der Waals surface area contributed by atoms with Crippen LogP contribution in [0.25, 0.3) is 0 Å². The molecule has 0 saturated carbocycles. The highest BCUT2D eigenvalue weighted by molar-refractivity contribution is 7.89. The van der Waals surface area contributed by atoms with Crippen molar-refractivity contribution in [3.63, 3.8) is 0 Å². The first-order chi connectivity index (χ1) is 9.96. The maximum Gasteiger partial charge on any atom is 0.262 e. The summed E-state index contributed by atoms with van der Waals surface area (Å²) in [5.41, 5.74) is 2.75. The van der Waals surface area contributed by atoms with E-state index >= 15 is 0 Å². The van der Waals surface area contributed by atoms with Gasteiger partial charge in [0.1, 0.15) is 5.82 Å². The van der Waals surface area contributed by atoms with Gasteiger partial charge in [0.15, 0.2) is 5.03 Å². The molecule has 0 radical (unpaired) electrons. The summed E-state index contributed by atoms with van der Waals surface area (Å²) in [7, 11) is -2.53. The molecule has 6 nitrogen and oxygen atoms in total. The summed E-state index contributed by atoms with van der Waals surface area (Å²) in [4.78, 5) is 3.84. The first kappa shape index (κ1) is 15.4. The van der Waals surface area contributed by atoms with Crippen molar-refractivity contribution in [1.82, 2.24) is 9.29 Å². The standard InChI is InChI=1S/C13H15FN4O2S/c1-18(9-10-5-2-3-6-11(10)14)21(19,20)13-12(17-15)7-4-8-16-13/h2-8,17H,9,15H2,1H3. The minimum atomic E-state index is -3.88. The molecule has 0 bridgehead atoms. The van der Waals surface area contributed by atoms with E-state index in [1.165, 1.54) is 31.4 Å². The molecule has 1 aromatic heterocycles. The van der Waals surface area contributed by atoms with E-state index in [-0.39, 0.29) is 22.8 Å². The summed E-state index contributed by atoms with van der Waals surface area (Å²) in [6, 6.07) is 9.06. The van der Waals surface area contributed by atoms with Crippen molar-refractivity contribution in [3.05, 3.63) is 54.0 Å². The second-order valence-electron chi connectivity index (χ2n) is 4.35. The highest BCUT2D eigenvalue weighted by atomic mass is 32.2. The summed E-state index contributed by atoms with van der Waals surface area (Å²) in [6.07, 6.45) is 1.35. The van der Waals surface area contributed by atoms with E-state index < -0.39 is 15.8 Å². The van der Waals surface area contributed by atoms with Crippen LogP contribution >= 0.6 is 0 Å². The van der Waals surface area contributed by atoms with Gasteiger partial charge in [-0.2, -0.15) is 4.31 Å². The molecule has 2 rings (SSSR count). The predicted octanol–water partition coefficient (Wildman–Crippen LogP) is 1.33. The molecule has 8 heteroatoms. The van der Waals surface area contributed by atoms with E-state index in [0.29, 0.717) is 0 Å². The van der Waals surface area contributed by atoms with Crippen LogP contribution in [0.1, 0.15) is 5.56 Å². The van der Waals surface area contributed by atoms with Gasteiger partial charge in [0.05, 0.1) is 5.69 Å². The maximum absolute atomic E-state index is 13.6. The third-order valence-corrected chi connectivity index (χ3v) is 4.70. The quantitative estimate of drug-likeness (QED) is 0.642. The molecule has 0 amide bonds. The Morgan fingerprint density at radius 2 is 2.00 bits per heavy atom. The molecule has 0 unspecified atom stereocenters. The smallest absolute Gasteiger partial charge is 0.262 e. The molecule has 0 aliphatic carbocycles. The van der Waals surface area contributed by atoms with Crippen LogP contribution in [-0.4, -0.2) is 24.8 Å². The molecule has 0 atom stereocenters. The first-order valence-electron chi connectivity index (χ1n) is 6.08. The lowest BCUT2D eigenvalue weighted by atomic mass is 10.2. The van der Waals surface area contributed by atoms with Crippen LogP contribution in [0.15, 0.2) is 47.6 Å².